The third kappa shape index (κ3) is 6.24. The smallest absolute Gasteiger partial charge is 0.145 e. The fourth-order valence-corrected chi connectivity index (χ4v) is 1.76. The number of hydrogen-bond donors (Lipinski definition) is 0. The van der Waals surface area contributed by atoms with Gasteiger partial charge in [-0.05, 0) is 63.4 Å². The van der Waals surface area contributed by atoms with Gasteiger partial charge in [-0.1, -0.05) is 30.3 Å². The molecule has 10 radical (unpaired) electrons. The molecule has 3 rings (SSSR count). The van der Waals surface area contributed by atoms with E-state index < -0.39 is 0 Å². The topological polar surface area (TPSA) is 17.1 Å². The predicted octanol–water partition coefficient (Wildman–Crippen LogP) is 3.22. The Morgan fingerprint density at radius 3 is 1.75 bits per heavy atom. The van der Waals surface area contributed by atoms with Gasteiger partial charge in [0.2, 0.25) is 0 Å². The van der Waals surface area contributed by atoms with Crippen LogP contribution in [0.4, 0.5) is 0 Å². The number of carbonyl (C=O) groups excluding carboxylic acids is 1. The fraction of sp³-hybridized carbons (Fsp3) is 0.0556. The van der Waals surface area contributed by atoms with Crippen molar-refractivity contribution in [3.05, 3.63) is 99.6 Å². The second-order valence-corrected chi connectivity index (χ2v) is 4.22. The van der Waals surface area contributed by atoms with Crippen LogP contribution in [0.5, 0.6) is 0 Å². The summed E-state index contributed by atoms with van der Waals surface area (Å²) in [5.41, 5.74) is 1.07. The number of Topliss-reactive ketones (excluding diaryl/α,β-unsaturated/α-hetero) is 1. The molecule has 0 spiro atoms. The molecule has 0 atom stereocenters. The van der Waals surface area contributed by atoms with Crippen LogP contribution in [0.3, 0.4) is 0 Å². The van der Waals surface area contributed by atoms with E-state index in [0.29, 0.717) is 6.42 Å². The molecule has 20 heavy (non-hydrogen) atoms. The first-order chi connectivity index (χ1) is 9.36. The zero-order valence-electron chi connectivity index (χ0n) is 11.1. The number of ketones is 1. The Morgan fingerprint density at radius 1 is 0.750 bits per heavy atom. The van der Waals surface area contributed by atoms with Crippen LogP contribution in [0.25, 0.3) is 0 Å². The van der Waals surface area contributed by atoms with Gasteiger partial charge in [-0.3, -0.25) is 4.79 Å². The number of carbonyl (C=O) groups is 1. The maximum absolute atomic E-state index is 11.7. The van der Waals surface area contributed by atoms with E-state index in [0.717, 1.165) is 11.5 Å². The molecule has 0 unspecified atom stereocenters. The zero-order valence-corrected chi connectivity index (χ0v) is 12.2. The van der Waals surface area contributed by atoms with E-state index in [-0.39, 0.29) is 22.9 Å². The molecule has 1 aromatic rings. The van der Waals surface area contributed by atoms with Gasteiger partial charge in [0, 0.05) is 29.4 Å². The van der Waals surface area contributed by atoms with Crippen molar-refractivity contribution in [2.45, 2.75) is 6.42 Å². The summed E-state index contributed by atoms with van der Waals surface area (Å²) in [4.78, 5) is 11.7. The number of benzene rings is 1. The summed E-state index contributed by atoms with van der Waals surface area (Å²) in [6.07, 6.45) is 18.0. The zero-order chi connectivity index (χ0) is 13.3. The quantitative estimate of drug-likeness (QED) is 0.784. The van der Waals surface area contributed by atoms with Crippen molar-refractivity contribution in [2.75, 3.05) is 0 Å². The molecule has 0 N–H and O–H groups in total. The number of rotatable bonds is 3. The molecule has 2 fully saturated rings. The van der Waals surface area contributed by atoms with Crippen LogP contribution in [0.1, 0.15) is 5.56 Å². The average Bonchev–Trinajstić information content (AvgIpc) is 3.16. The van der Waals surface area contributed by atoms with Gasteiger partial charge in [-0.25, -0.2) is 0 Å². The second-order valence-electron chi connectivity index (χ2n) is 4.22. The summed E-state index contributed by atoms with van der Waals surface area (Å²) in [5.74, 6) is 0.982. The Bertz CT molecular complexity index is 357. The van der Waals surface area contributed by atoms with Crippen molar-refractivity contribution in [1.82, 2.24) is 0 Å². The minimum absolute atomic E-state index is 0. The molecule has 0 heterocycles. The van der Waals surface area contributed by atoms with E-state index >= 15 is 0 Å². The summed E-state index contributed by atoms with van der Waals surface area (Å²) in [7, 11) is 0. The van der Waals surface area contributed by atoms with E-state index in [1.807, 2.05) is 88.1 Å². The van der Waals surface area contributed by atoms with E-state index in [9.17, 15) is 4.79 Å². The molecule has 0 aromatic heterocycles. The summed E-state index contributed by atoms with van der Waals surface area (Å²) >= 11 is 0. The van der Waals surface area contributed by atoms with Crippen LogP contribution in [0.15, 0.2) is 30.3 Å². The van der Waals surface area contributed by atoms with E-state index in [1.165, 1.54) is 0 Å². The molecule has 0 bridgehead atoms. The van der Waals surface area contributed by atoms with Crippen molar-refractivity contribution >= 4 is 5.78 Å². The summed E-state index contributed by atoms with van der Waals surface area (Å²) in [5, 5.41) is 0. The molecule has 0 aliphatic heterocycles. The summed E-state index contributed by atoms with van der Waals surface area (Å²) < 4.78 is 0. The van der Waals surface area contributed by atoms with Gasteiger partial charge in [0.15, 0.2) is 0 Å². The largest absolute Gasteiger partial charge is 0.299 e. The molecular formula is C18H16FeO. The van der Waals surface area contributed by atoms with Crippen LogP contribution in [0.2, 0.25) is 0 Å². The predicted molar refractivity (Wildman–Crippen MR) is 77.1 cm³/mol. The Balaban J connectivity index is 0.000000283. The SMILES string of the molecule is O=C(Cc1ccccc1)[C]1[CH][CH][CH][CH]1.[CH]1[CH][CH][CH][CH]1.[Fe]. The van der Waals surface area contributed by atoms with E-state index in [2.05, 4.69) is 0 Å². The molecule has 2 saturated carbocycles. The van der Waals surface area contributed by atoms with Crippen molar-refractivity contribution in [3.63, 3.8) is 0 Å². The first-order valence-corrected chi connectivity index (χ1v) is 6.32. The first-order valence-electron chi connectivity index (χ1n) is 6.32. The standard InChI is InChI=1S/C13H11O.C5H5.Fe/c14-13(12-8-4-5-9-12)10-11-6-2-1-3-7-11;1-2-4-5-3-1;/h1-9H,10H2;1-5H;. The normalized spacial score (nSPS) is 18.0. The van der Waals surface area contributed by atoms with Crippen molar-refractivity contribution in [2.24, 2.45) is 0 Å². The molecule has 102 valence electrons. The van der Waals surface area contributed by atoms with Gasteiger partial charge in [-0.2, -0.15) is 0 Å². The van der Waals surface area contributed by atoms with E-state index in [1.54, 1.807) is 0 Å². The molecule has 0 amide bonds. The van der Waals surface area contributed by atoms with Gasteiger partial charge in [-0.15, -0.1) is 0 Å². The summed E-state index contributed by atoms with van der Waals surface area (Å²) in [6.45, 7) is 0. The summed E-state index contributed by atoms with van der Waals surface area (Å²) in [6, 6.07) is 9.80. The Morgan fingerprint density at radius 2 is 1.25 bits per heavy atom. The fourth-order valence-electron chi connectivity index (χ4n) is 1.76. The van der Waals surface area contributed by atoms with Crippen molar-refractivity contribution in [1.29, 1.82) is 0 Å². The van der Waals surface area contributed by atoms with Crippen LogP contribution in [-0.4, -0.2) is 5.78 Å². The molecular weight excluding hydrogens is 288 g/mol. The first kappa shape index (κ1) is 17.5. The van der Waals surface area contributed by atoms with Gasteiger partial charge in [0.25, 0.3) is 0 Å². The van der Waals surface area contributed by atoms with Gasteiger partial charge in [0.1, 0.15) is 5.78 Å². The maximum atomic E-state index is 11.7. The van der Waals surface area contributed by atoms with Crippen LogP contribution >= 0.6 is 0 Å². The van der Waals surface area contributed by atoms with Gasteiger partial charge in [0.05, 0.1) is 0 Å². The van der Waals surface area contributed by atoms with Crippen LogP contribution < -0.4 is 0 Å². The molecule has 1 aromatic carbocycles. The molecule has 0 saturated heterocycles. The van der Waals surface area contributed by atoms with Crippen molar-refractivity contribution < 1.29 is 21.9 Å². The van der Waals surface area contributed by atoms with Gasteiger partial charge >= 0.3 is 0 Å². The van der Waals surface area contributed by atoms with Gasteiger partial charge < -0.3 is 0 Å². The minimum Gasteiger partial charge on any atom is -0.299 e. The Hall–Kier alpha value is -0.591. The second kappa shape index (κ2) is 10.2. The third-order valence-corrected chi connectivity index (χ3v) is 2.75. The number of hydrogen-bond acceptors (Lipinski definition) is 1. The minimum atomic E-state index is 0. The monoisotopic (exact) mass is 304 g/mol. The average molecular weight is 304 g/mol. The Kier molecular flexibility index (Phi) is 8.89. The molecule has 2 heteroatoms. The maximum Gasteiger partial charge on any atom is 0.145 e. The Labute approximate surface area is 134 Å². The molecule has 1 nitrogen and oxygen atoms in total. The van der Waals surface area contributed by atoms with Crippen LogP contribution in [0, 0.1) is 63.7 Å². The van der Waals surface area contributed by atoms with E-state index in [4.69, 9.17) is 0 Å². The van der Waals surface area contributed by atoms with Crippen LogP contribution in [-0.2, 0) is 28.3 Å². The molecule has 2 aliphatic rings. The molecule has 2 aliphatic carbocycles. The third-order valence-electron chi connectivity index (χ3n) is 2.75. The van der Waals surface area contributed by atoms with Crippen molar-refractivity contribution in [3.8, 4) is 0 Å².